The minimum atomic E-state index is -0.849. The van der Waals surface area contributed by atoms with E-state index in [0.29, 0.717) is 17.9 Å². The molecule has 1 N–H and O–H groups in total. The summed E-state index contributed by atoms with van der Waals surface area (Å²) in [5.41, 5.74) is 1.41. The van der Waals surface area contributed by atoms with Gasteiger partial charge in [0.1, 0.15) is 6.33 Å². The fourth-order valence-electron chi connectivity index (χ4n) is 1.91. The minimum Gasteiger partial charge on any atom is -0.481 e. The molecular weight excluding hydrogens is 264 g/mol. The van der Waals surface area contributed by atoms with Gasteiger partial charge in [-0.2, -0.15) is 0 Å². The smallest absolute Gasteiger partial charge is 0.216 e. The van der Waals surface area contributed by atoms with Gasteiger partial charge in [-0.1, -0.05) is 6.07 Å². The fourth-order valence-corrected chi connectivity index (χ4v) is 1.91. The van der Waals surface area contributed by atoms with E-state index >= 15 is 0 Å². The minimum absolute atomic E-state index is 0.142. The number of aromatic nitrogens is 2. The lowest BCUT2D eigenvalue weighted by Gasteiger charge is -2.16. The van der Waals surface area contributed by atoms with Gasteiger partial charge in [-0.05, 0) is 31.2 Å². The molecule has 0 amide bonds. The highest BCUT2D eigenvalue weighted by Gasteiger charge is 2.14. The molecule has 0 fully saturated rings. The van der Waals surface area contributed by atoms with Crippen LogP contribution in [0.5, 0.6) is 5.88 Å². The Balaban J connectivity index is 2.21. The Morgan fingerprint density at radius 3 is 2.65 bits per heavy atom. The van der Waals surface area contributed by atoms with Crippen molar-refractivity contribution < 1.29 is 13.5 Å². The van der Waals surface area contributed by atoms with Crippen LogP contribution in [0.4, 0.5) is 8.78 Å². The molecule has 0 radical (unpaired) electrons. The van der Waals surface area contributed by atoms with Gasteiger partial charge < -0.3 is 10.1 Å². The topological polar surface area (TPSA) is 47.0 Å². The second-order valence-electron chi connectivity index (χ2n) is 4.28. The van der Waals surface area contributed by atoms with Gasteiger partial charge >= 0.3 is 0 Å². The predicted molar refractivity (Wildman–Crippen MR) is 70.4 cm³/mol. The summed E-state index contributed by atoms with van der Waals surface area (Å²) in [4.78, 5) is 8.11. The zero-order valence-corrected chi connectivity index (χ0v) is 11.2. The standard InChI is InChI=1S/C14H15F2N3O/c1-17-12(13-7-14(20-2)19-8-18-13)6-9-3-4-10(15)11(16)5-9/h3-5,7-8,12,17H,6H2,1-2H3. The van der Waals surface area contributed by atoms with Crippen molar-refractivity contribution in [2.45, 2.75) is 12.5 Å². The number of nitrogens with zero attached hydrogens (tertiary/aromatic N) is 2. The highest BCUT2D eigenvalue weighted by molar-refractivity contribution is 5.23. The van der Waals surface area contributed by atoms with Crippen LogP contribution in [0.2, 0.25) is 0 Å². The maximum Gasteiger partial charge on any atom is 0.216 e. The van der Waals surface area contributed by atoms with Crippen LogP contribution in [0.15, 0.2) is 30.6 Å². The number of methoxy groups -OCH3 is 1. The molecule has 1 atom stereocenters. The summed E-state index contributed by atoms with van der Waals surface area (Å²) in [5, 5.41) is 3.09. The number of likely N-dealkylation sites (N-methyl/N-ethyl adjacent to an activating group) is 1. The van der Waals surface area contributed by atoms with E-state index in [1.807, 2.05) is 0 Å². The van der Waals surface area contributed by atoms with Gasteiger partial charge in [0.2, 0.25) is 5.88 Å². The Hall–Kier alpha value is -2.08. The number of halogens is 2. The molecule has 0 saturated carbocycles. The summed E-state index contributed by atoms with van der Waals surface area (Å²) >= 11 is 0. The van der Waals surface area contributed by atoms with Crippen molar-refractivity contribution in [1.82, 2.24) is 15.3 Å². The molecule has 1 heterocycles. The average Bonchev–Trinajstić information content (AvgIpc) is 2.48. The molecule has 2 aromatic rings. The van der Waals surface area contributed by atoms with E-state index in [4.69, 9.17) is 4.74 Å². The van der Waals surface area contributed by atoms with Gasteiger partial charge in [0, 0.05) is 6.07 Å². The Morgan fingerprint density at radius 1 is 1.20 bits per heavy atom. The second-order valence-corrected chi connectivity index (χ2v) is 4.28. The first kappa shape index (κ1) is 14.3. The predicted octanol–water partition coefficient (Wildman–Crippen LogP) is 2.27. The Labute approximate surface area is 115 Å². The van der Waals surface area contributed by atoms with Crippen LogP contribution in [0.1, 0.15) is 17.3 Å². The lowest BCUT2D eigenvalue weighted by atomic mass is 10.0. The second kappa shape index (κ2) is 6.38. The summed E-state index contributed by atoms with van der Waals surface area (Å²) in [6, 6.07) is 5.44. The molecule has 0 saturated heterocycles. The molecule has 2 rings (SSSR count). The number of hydrogen-bond donors (Lipinski definition) is 1. The summed E-state index contributed by atoms with van der Waals surface area (Å²) in [6.45, 7) is 0. The van der Waals surface area contributed by atoms with E-state index in [0.717, 1.165) is 11.8 Å². The van der Waals surface area contributed by atoms with Crippen molar-refractivity contribution in [1.29, 1.82) is 0 Å². The van der Waals surface area contributed by atoms with Crippen molar-refractivity contribution in [3.05, 3.63) is 53.5 Å². The molecule has 1 unspecified atom stereocenters. The molecular formula is C14H15F2N3O. The Kier molecular flexibility index (Phi) is 4.57. The molecule has 1 aromatic carbocycles. The van der Waals surface area contributed by atoms with Gasteiger partial charge in [0.15, 0.2) is 11.6 Å². The average molecular weight is 279 g/mol. The van der Waals surface area contributed by atoms with E-state index in [1.54, 1.807) is 19.2 Å². The lowest BCUT2D eigenvalue weighted by molar-refractivity contribution is 0.394. The van der Waals surface area contributed by atoms with Crippen LogP contribution in [-0.4, -0.2) is 24.1 Å². The van der Waals surface area contributed by atoms with Crippen LogP contribution in [0.3, 0.4) is 0 Å². The third-order valence-corrected chi connectivity index (χ3v) is 3.00. The molecule has 6 heteroatoms. The molecule has 0 aliphatic carbocycles. The van der Waals surface area contributed by atoms with Crippen LogP contribution < -0.4 is 10.1 Å². The molecule has 0 spiro atoms. The first-order valence-corrected chi connectivity index (χ1v) is 6.11. The SMILES string of the molecule is CNC(Cc1ccc(F)c(F)c1)c1cc(OC)ncn1. The van der Waals surface area contributed by atoms with Crippen LogP contribution in [0.25, 0.3) is 0 Å². The molecule has 0 bridgehead atoms. The van der Waals surface area contributed by atoms with E-state index in [-0.39, 0.29) is 6.04 Å². The van der Waals surface area contributed by atoms with Crippen LogP contribution in [0, 0.1) is 11.6 Å². The van der Waals surface area contributed by atoms with Crippen LogP contribution in [-0.2, 0) is 6.42 Å². The molecule has 0 aliphatic heterocycles. The first-order chi connectivity index (χ1) is 9.63. The van der Waals surface area contributed by atoms with E-state index < -0.39 is 11.6 Å². The number of rotatable bonds is 5. The van der Waals surface area contributed by atoms with Gasteiger partial charge in [-0.25, -0.2) is 18.7 Å². The zero-order valence-electron chi connectivity index (χ0n) is 11.2. The van der Waals surface area contributed by atoms with Gasteiger partial charge in [0.25, 0.3) is 0 Å². The quantitative estimate of drug-likeness (QED) is 0.912. The van der Waals surface area contributed by atoms with Gasteiger partial charge in [-0.15, -0.1) is 0 Å². The van der Waals surface area contributed by atoms with Crippen molar-refractivity contribution in [2.75, 3.05) is 14.2 Å². The number of ether oxygens (including phenoxy) is 1. The van der Waals surface area contributed by atoms with E-state index in [2.05, 4.69) is 15.3 Å². The zero-order chi connectivity index (χ0) is 14.5. The Bertz CT molecular complexity index is 592. The summed E-state index contributed by atoms with van der Waals surface area (Å²) in [7, 11) is 3.30. The molecule has 20 heavy (non-hydrogen) atoms. The lowest BCUT2D eigenvalue weighted by Crippen LogP contribution is -2.20. The van der Waals surface area contributed by atoms with Gasteiger partial charge in [-0.3, -0.25) is 0 Å². The van der Waals surface area contributed by atoms with Crippen molar-refractivity contribution in [3.63, 3.8) is 0 Å². The van der Waals surface area contributed by atoms with Crippen LogP contribution >= 0.6 is 0 Å². The first-order valence-electron chi connectivity index (χ1n) is 6.11. The highest BCUT2D eigenvalue weighted by Crippen LogP contribution is 2.20. The molecule has 4 nitrogen and oxygen atoms in total. The Morgan fingerprint density at radius 2 is 2.00 bits per heavy atom. The molecule has 0 aliphatic rings. The summed E-state index contributed by atoms with van der Waals surface area (Å²) in [5.74, 6) is -1.24. The third kappa shape index (κ3) is 3.27. The number of hydrogen-bond acceptors (Lipinski definition) is 4. The summed E-state index contributed by atoms with van der Waals surface area (Å²) in [6.07, 6.45) is 1.89. The molecule has 106 valence electrons. The van der Waals surface area contributed by atoms with Crippen molar-refractivity contribution in [2.24, 2.45) is 0 Å². The third-order valence-electron chi connectivity index (χ3n) is 3.00. The largest absolute Gasteiger partial charge is 0.481 e. The highest BCUT2D eigenvalue weighted by atomic mass is 19.2. The maximum atomic E-state index is 13.2. The van der Waals surface area contributed by atoms with Gasteiger partial charge in [0.05, 0.1) is 18.8 Å². The number of nitrogens with one attached hydrogen (secondary N) is 1. The van der Waals surface area contributed by atoms with E-state index in [9.17, 15) is 8.78 Å². The van der Waals surface area contributed by atoms with Crippen molar-refractivity contribution in [3.8, 4) is 5.88 Å². The van der Waals surface area contributed by atoms with E-state index in [1.165, 1.54) is 19.5 Å². The normalized spacial score (nSPS) is 12.2. The monoisotopic (exact) mass is 279 g/mol. The number of benzene rings is 1. The fraction of sp³-hybridized carbons (Fsp3) is 0.286. The summed E-state index contributed by atoms with van der Waals surface area (Å²) < 4.78 is 31.2. The molecule has 1 aromatic heterocycles. The maximum absolute atomic E-state index is 13.2. The van der Waals surface area contributed by atoms with Crippen molar-refractivity contribution >= 4 is 0 Å².